The van der Waals surface area contributed by atoms with Crippen LogP contribution in [0.4, 0.5) is 0 Å². The fourth-order valence-corrected chi connectivity index (χ4v) is 0.756. The quantitative estimate of drug-likeness (QED) is 0.574. The Morgan fingerprint density at radius 3 is 3.18 bits per heavy atom. The molecule has 0 aromatic heterocycles. The van der Waals surface area contributed by atoms with E-state index in [1.807, 2.05) is 11.0 Å². The van der Waals surface area contributed by atoms with E-state index in [1.54, 1.807) is 12.5 Å². The van der Waals surface area contributed by atoms with Crippen LogP contribution in [0, 0.1) is 0 Å². The van der Waals surface area contributed by atoms with Gasteiger partial charge in [0.1, 0.15) is 6.73 Å². The van der Waals surface area contributed by atoms with E-state index in [2.05, 4.69) is 4.99 Å². The smallest absolute Gasteiger partial charge is 0.120 e. The molecule has 0 saturated carbocycles. The van der Waals surface area contributed by atoms with Gasteiger partial charge >= 0.3 is 0 Å². The van der Waals surface area contributed by atoms with Crippen molar-refractivity contribution in [2.45, 2.75) is 0 Å². The lowest BCUT2D eigenvalue weighted by Crippen LogP contribution is -2.27. The summed E-state index contributed by atoms with van der Waals surface area (Å²) in [5.41, 5.74) is 0. The molecule has 0 saturated heterocycles. The Labute approximate surface area is 65.8 Å². The second-order valence-electron chi connectivity index (χ2n) is 2.18. The Morgan fingerprint density at radius 1 is 1.64 bits per heavy atom. The predicted molar refractivity (Wildman–Crippen MR) is 42.2 cm³/mol. The molecule has 11 heavy (non-hydrogen) atoms. The third-order valence-electron chi connectivity index (χ3n) is 1.25. The zero-order chi connectivity index (χ0) is 7.94. The van der Waals surface area contributed by atoms with Crippen LogP contribution in [0.5, 0.6) is 0 Å². The molecule has 4 nitrogen and oxygen atoms in total. The Hall–Kier alpha value is -0.870. The van der Waals surface area contributed by atoms with Gasteiger partial charge in [-0.25, -0.2) is 4.99 Å². The number of hydrogen-bond acceptors (Lipinski definition) is 4. The second kappa shape index (κ2) is 4.87. The van der Waals surface area contributed by atoms with Crippen LogP contribution in [0.15, 0.2) is 17.3 Å². The topological polar surface area (TPSA) is 45.1 Å². The molecular weight excluding hydrogens is 144 g/mol. The van der Waals surface area contributed by atoms with Crippen molar-refractivity contribution in [3.8, 4) is 0 Å². The van der Waals surface area contributed by atoms with Crippen molar-refractivity contribution in [3.05, 3.63) is 12.3 Å². The molecule has 0 fully saturated rings. The lowest BCUT2D eigenvalue weighted by molar-refractivity contribution is 0.0458. The Kier molecular flexibility index (Phi) is 3.64. The molecule has 4 heteroatoms. The zero-order valence-electron chi connectivity index (χ0n) is 6.31. The van der Waals surface area contributed by atoms with E-state index >= 15 is 0 Å². The summed E-state index contributed by atoms with van der Waals surface area (Å²) in [5.74, 6) is 0. The number of aliphatic hydroxyl groups is 1. The summed E-state index contributed by atoms with van der Waals surface area (Å²) in [5, 5.41) is 8.40. The number of aliphatic hydroxyl groups excluding tert-OH is 1. The fraction of sp³-hybridized carbons (Fsp3) is 0.571. The zero-order valence-corrected chi connectivity index (χ0v) is 6.31. The maximum absolute atomic E-state index is 8.40. The van der Waals surface area contributed by atoms with E-state index in [0.29, 0.717) is 13.3 Å². The molecule has 0 unspecified atom stereocenters. The molecule has 0 atom stereocenters. The molecule has 0 aromatic carbocycles. The first-order chi connectivity index (χ1) is 5.43. The number of hydrogen-bond donors (Lipinski definition) is 1. The van der Waals surface area contributed by atoms with Gasteiger partial charge in [0.15, 0.2) is 0 Å². The second-order valence-corrected chi connectivity index (χ2v) is 2.18. The van der Waals surface area contributed by atoms with Gasteiger partial charge in [-0.2, -0.15) is 0 Å². The summed E-state index contributed by atoms with van der Waals surface area (Å²) in [4.78, 5) is 5.83. The molecule has 0 aromatic rings. The van der Waals surface area contributed by atoms with Crippen molar-refractivity contribution < 1.29 is 9.84 Å². The van der Waals surface area contributed by atoms with Crippen molar-refractivity contribution in [2.75, 3.05) is 26.5 Å². The van der Waals surface area contributed by atoms with Crippen LogP contribution >= 0.6 is 0 Å². The van der Waals surface area contributed by atoms with Crippen molar-refractivity contribution in [1.29, 1.82) is 0 Å². The van der Waals surface area contributed by atoms with Gasteiger partial charge in [-0.3, -0.25) is 0 Å². The van der Waals surface area contributed by atoms with Crippen LogP contribution in [0.2, 0.25) is 0 Å². The third-order valence-corrected chi connectivity index (χ3v) is 1.25. The van der Waals surface area contributed by atoms with Gasteiger partial charge in [-0.05, 0) is 6.08 Å². The summed E-state index contributed by atoms with van der Waals surface area (Å²) in [6, 6.07) is 0. The number of rotatable bonds is 4. The van der Waals surface area contributed by atoms with Crippen LogP contribution in [-0.4, -0.2) is 42.8 Å². The fourth-order valence-electron chi connectivity index (χ4n) is 0.756. The highest BCUT2D eigenvalue weighted by Gasteiger charge is 1.98. The molecule has 0 amide bonds. The summed E-state index contributed by atoms with van der Waals surface area (Å²) >= 11 is 0. The lowest BCUT2D eigenvalue weighted by Gasteiger charge is -2.18. The Morgan fingerprint density at radius 2 is 2.55 bits per heavy atom. The van der Waals surface area contributed by atoms with E-state index in [0.717, 1.165) is 6.54 Å². The van der Waals surface area contributed by atoms with E-state index in [9.17, 15) is 0 Å². The van der Waals surface area contributed by atoms with Crippen LogP contribution in [0.3, 0.4) is 0 Å². The molecular formula is C7H12N2O2. The van der Waals surface area contributed by atoms with Crippen molar-refractivity contribution in [1.82, 2.24) is 4.90 Å². The Bertz CT molecular complexity index is 157. The van der Waals surface area contributed by atoms with E-state index in [-0.39, 0.29) is 6.61 Å². The molecule has 0 spiro atoms. The molecule has 0 bridgehead atoms. The molecule has 1 rings (SSSR count). The standard InChI is InChI=1S/C7H12N2O2/c10-4-5-11-7-9-3-1-2-8-6-9/h1-2,6,10H,3-5,7H2. The van der Waals surface area contributed by atoms with Gasteiger partial charge in [0, 0.05) is 12.7 Å². The molecule has 1 heterocycles. The molecule has 1 aliphatic rings. The van der Waals surface area contributed by atoms with E-state index < -0.39 is 0 Å². The molecule has 62 valence electrons. The average molecular weight is 156 g/mol. The highest BCUT2D eigenvalue weighted by molar-refractivity contribution is 5.57. The summed E-state index contributed by atoms with van der Waals surface area (Å²) in [7, 11) is 0. The molecule has 1 N–H and O–H groups in total. The number of aliphatic imine (C=N–C) groups is 1. The normalized spacial score (nSPS) is 15.9. The Balaban J connectivity index is 2.07. The van der Waals surface area contributed by atoms with Crippen LogP contribution < -0.4 is 0 Å². The summed E-state index contributed by atoms with van der Waals surface area (Å²) in [6.45, 7) is 1.78. The van der Waals surface area contributed by atoms with Gasteiger partial charge in [0.05, 0.1) is 19.6 Å². The van der Waals surface area contributed by atoms with Crippen molar-refractivity contribution >= 4 is 6.34 Å². The first kappa shape index (κ1) is 8.23. The highest BCUT2D eigenvalue weighted by Crippen LogP contribution is 1.92. The van der Waals surface area contributed by atoms with E-state index in [1.165, 1.54) is 0 Å². The predicted octanol–water partition coefficient (Wildman–Crippen LogP) is -0.190. The minimum atomic E-state index is 0.0703. The van der Waals surface area contributed by atoms with Gasteiger partial charge in [-0.15, -0.1) is 0 Å². The monoisotopic (exact) mass is 156 g/mol. The first-order valence-corrected chi connectivity index (χ1v) is 3.54. The third kappa shape index (κ3) is 3.15. The molecule has 0 aliphatic carbocycles. The van der Waals surface area contributed by atoms with Crippen molar-refractivity contribution in [2.24, 2.45) is 4.99 Å². The average Bonchev–Trinajstić information content (AvgIpc) is 2.07. The molecule has 1 aliphatic heterocycles. The minimum absolute atomic E-state index is 0.0703. The lowest BCUT2D eigenvalue weighted by atomic mass is 10.5. The van der Waals surface area contributed by atoms with Crippen LogP contribution in [-0.2, 0) is 4.74 Å². The summed E-state index contributed by atoms with van der Waals surface area (Å²) < 4.78 is 5.07. The van der Waals surface area contributed by atoms with Gasteiger partial charge in [0.2, 0.25) is 0 Å². The highest BCUT2D eigenvalue weighted by atomic mass is 16.5. The van der Waals surface area contributed by atoms with Crippen molar-refractivity contribution in [3.63, 3.8) is 0 Å². The maximum atomic E-state index is 8.40. The van der Waals surface area contributed by atoms with Gasteiger partial charge in [-0.1, -0.05) is 0 Å². The number of ether oxygens (including phenoxy) is 1. The van der Waals surface area contributed by atoms with E-state index in [4.69, 9.17) is 9.84 Å². The minimum Gasteiger partial charge on any atom is -0.394 e. The molecule has 0 radical (unpaired) electrons. The van der Waals surface area contributed by atoms with Crippen LogP contribution in [0.1, 0.15) is 0 Å². The maximum Gasteiger partial charge on any atom is 0.120 e. The van der Waals surface area contributed by atoms with Gasteiger partial charge in [0.25, 0.3) is 0 Å². The van der Waals surface area contributed by atoms with Crippen LogP contribution in [0.25, 0.3) is 0 Å². The summed E-state index contributed by atoms with van der Waals surface area (Å²) in [6.07, 6.45) is 5.42. The first-order valence-electron chi connectivity index (χ1n) is 3.54. The largest absolute Gasteiger partial charge is 0.394 e. The SMILES string of the molecule is OCCOCN1C=NC=CC1. The van der Waals surface area contributed by atoms with Gasteiger partial charge < -0.3 is 14.7 Å². The number of nitrogens with zero attached hydrogens (tertiary/aromatic N) is 2.